The number of ether oxygens (including phenoxy) is 1. The average molecular weight is 402 g/mol. The van der Waals surface area contributed by atoms with Crippen LogP contribution in [-0.2, 0) is 19.1 Å². The highest BCUT2D eigenvalue weighted by atomic mass is 16.6. The minimum atomic E-state index is -0.846. The lowest BCUT2D eigenvalue weighted by Crippen LogP contribution is -2.62. The molecule has 158 valence electrons. The van der Waals surface area contributed by atoms with Crippen molar-refractivity contribution in [2.75, 3.05) is 0 Å². The quantitative estimate of drug-likeness (QED) is 0.654. The molecule has 0 bridgehead atoms. The number of carbonyl (C=O) groups excluding carboxylic acids is 2. The first kappa shape index (κ1) is 19.3. The molecule has 8 atom stereocenters. The number of carbonyl (C=O) groups is 3. The number of hydrogen-bond acceptors (Lipinski definition) is 5. The summed E-state index contributed by atoms with van der Waals surface area (Å²) in [4.78, 5) is 36.4. The average Bonchev–Trinajstić information content (AvgIpc) is 3.15. The third-order valence-electron chi connectivity index (χ3n) is 9.60. The van der Waals surface area contributed by atoms with E-state index in [1.54, 1.807) is 6.08 Å². The Kier molecular flexibility index (Phi) is 3.94. The van der Waals surface area contributed by atoms with Crippen LogP contribution in [0.1, 0.15) is 65.2 Å². The monoisotopic (exact) mass is 402 g/mol. The van der Waals surface area contributed by atoms with Crippen LogP contribution in [0.3, 0.4) is 0 Å². The number of carboxylic acids is 1. The van der Waals surface area contributed by atoms with Crippen molar-refractivity contribution in [3.63, 3.8) is 0 Å². The van der Waals surface area contributed by atoms with Gasteiger partial charge >= 0.3 is 11.9 Å². The second kappa shape index (κ2) is 5.93. The van der Waals surface area contributed by atoms with Crippen LogP contribution in [-0.4, -0.2) is 39.6 Å². The first-order valence-electron chi connectivity index (χ1n) is 11.0. The maximum Gasteiger partial charge on any atom is 0.307 e. The van der Waals surface area contributed by atoms with Gasteiger partial charge in [-0.25, -0.2) is 0 Å². The van der Waals surface area contributed by atoms with Crippen molar-refractivity contribution in [2.45, 2.75) is 76.9 Å². The van der Waals surface area contributed by atoms with Gasteiger partial charge in [0.05, 0.1) is 12.0 Å². The molecule has 0 amide bonds. The van der Waals surface area contributed by atoms with E-state index in [1.165, 1.54) is 0 Å². The van der Waals surface area contributed by atoms with Crippen LogP contribution in [0.25, 0.3) is 0 Å². The molecule has 6 nitrogen and oxygen atoms in total. The van der Waals surface area contributed by atoms with Crippen LogP contribution in [0, 0.1) is 34.5 Å². The van der Waals surface area contributed by atoms with Crippen LogP contribution in [0.5, 0.6) is 0 Å². The number of esters is 1. The van der Waals surface area contributed by atoms with Gasteiger partial charge in [-0.05, 0) is 67.8 Å². The number of aliphatic hydroxyl groups is 1. The smallest absolute Gasteiger partial charge is 0.307 e. The van der Waals surface area contributed by atoms with Gasteiger partial charge in [0.1, 0.15) is 5.60 Å². The Labute approximate surface area is 170 Å². The molecule has 3 saturated carbocycles. The van der Waals surface area contributed by atoms with Crippen molar-refractivity contribution in [3.8, 4) is 0 Å². The standard InChI is InChI=1S/C23H30O6/c1-21-6-3-13(24)9-12(21)10-14(20(27)28)18-15-4-7-23(8-5-17(26)29-23)22(15,2)11-16(25)19(18)21/h9,14-16,18-19,25H,3-8,10-11H2,1-2H3,(H,27,28)/t14-,15?,16-,18?,19?,21+,22+,23-/m1/s1. The Bertz CT molecular complexity index is 831. The molecule has 1 aliphatic heterocycles. The molecule has 4 aliphatic carbocycles. The fourth-order valence-electron chi connectivity index (χ4n) is 8.21. The molecule has 1 saturated heterocycles. The summed E-state index contributed by atoms with van der Waals surface area (Å²) in [5.74, 6) is -1.83. The third-order valence-corrected chi connectivity index (χ3v) is 9.60. The first-order valence-corrected chi connectivity index (χ1v) is 11.0. The summed E-state index contributed by atoms with van der Waals surface area (Å²) in [5.41, 5.74) is -0.406. The molecule has 29 heavy (non-hydrogen) atoms. The molecule has 3 unspecified atom stereocenters. The Hall–Kier alpha value is -1.69. The summed E-state index contributed by atoms with van der Waals surface area (Å²) in [5, 5.41) is 21.6. The van der Waals surface area contributed by atoms with E-state index in [2.05, 4.69) is 13.8 Å². The fraction of sp³-hybridized carbons (Fsp3) is 0.783. The highest BCUT2D eigenvalue weighted by Crippen LogP contribution is 2.70. The Morgan fingerprint density at radius 3 is 2.59 bits per heavy atom. The van der Waals surface area contributed by atoms with Crippen molar-refractivity contribution in [2.24, 2.45) is 34.5 Å². The zero-order valence-corrected chi connectivity index (χ0v) is 17.1. The molecule has 1 spiro atoms. The highest BCUT2D eigenvalue weighted by Gasteiger charge is 2.71. The molecule has 0 radical (unpaired) electrons. The van der Waals surface area contributed by atoms with E-state index in [1.807, 2.05) is 0 Å². The zero-order valence-electron chi connectivity index (χ0n) is 17.1. The summed E-state index contributed by atoms with van der Waals surface area (Å²) >= 11 is 0. The van der Waals surface area contributed by atoms with E-state index in [-0.39, 0.29) is 34.9 Å². The second-order valence-corrected chi connectivity index (χ2v) is 10.6. The summed E-state index contributed by atoms with van der Waals surface area (Å²) < 4.78 is 5.90. The van der Waals surface area contributed by atoms with E-state index in [4.69, 9.17) is 4.74 Å². The summed E-state index contributed by atoms with van der Waals surface area (Å²) in [6, 6.07) is 0. The van der Waals surface area contributed by atoms with Crippen molar-refractivity contribution in [1.29, 1.82) is 0 Å². The molecule has 0 aromatic heterocycles. The lowest BCUT2D eigenvalue weighted by molar-refractivity contribution is -0.196. The molecule has 5 aliphatic rings. The van der Waals surface area contributed by atoms with E-state index in [0.29, 0.717) is 38.5 Å². The van der Waals surface area contributed by atoms with Gasteiger partial charge in [0.25, 0.3) is 0 Å². The van der Waals surface area contributed by atoms with Crippen LogP contribution in [0.2, 0.25) is 0 Å². The van der Waals surface area contributed by atoms with E-state index < -0.39 is 29.0 Å². The number of allylic oxidation sites excluding steroid dienone is 1. The highest BCUT2D eigenvalue weighted by molar-refractivity contribution is 5.92. The summed E-state index contributed by atoms with van der Waals surface area (Å²) in [6.45, 7) is 4.23. The van der Waals surface area contributed by atoms with Gasteiger partial charge in [0.15, 0.2) is 5.78 Å². The van der Waals surface area contributed by atoms with Crippen molar-refractivity contribution in [3.05, 3.63) is 11.6 Å². The topological polar surface area (TPSA) is 101 Å². The number of ketones is 1. The maximum atomic E-state index is 12.4. The number of rotatable bonds is 1. The number of aliphatic hydroxyl groups excluding tert-OH is 1. The maximum absolute atomic E-state index is 12.4. The Morgan fingerprint density at radius 2 is 1.93 bits per heavy atom. The molecule has 5 rings (SSSR count). The third kappa shape index (κ3) is 2.35. The Morgan fingerprint density at radius 1 is 1.17 bits per heavy atom. The second-order valence-electron chi connectivity index (χ2n) is 10.6. The van der Waals surface area contributed by atoms with Gasteiger partial charge in [0.2, 0.25) is 0 Å². The normalized spacial score (nSPS) is 51.1. The fourth-order valence-corrected chi connectivity index (χ4v) is 8.21. The first-order chi connectivity index (χ1) is 13.6. The number of hydrogen-bond donors (Lipinski definition) is 2. The molecule has 6 heteroatoms. The van der Waals surface area contributed by atoms with E-state index >= 15 is 0 Å². The van der Waals surface area contributed by atoms with Gasteiger partial charge in [-0.2, -0.15) is 0 Å². The molecule has 0 aromatic carbocycles. The minimum absolute atomic E-state index is 0.0629. The van der Waals surface area contributed by atoms with Gasteiger partial charge in [-0.15, -0.1) is 0 Å². The number of aliphatic carboxylic acids is 1. The number of fused-ring (bicyclic) bond motifs is 6. The van der Waals surface area contributed by atoms with Crippen LogP contribution >= 0.6 is 0 Å². The molecular weight excluding hydrogens is 372 g/mol. The predicted molar refractivity (Wildman–Crippen MR) is 103 cm³/mol. The largest absolute Gasteiger partial charge is 0.481 e. The van der Waals surface area contributed by atoms with E-state index in [9.17, 15) is 24.6 Å². The molecular formula is C23H30O6. The van der Waals surface area contributed by atoms with Crippen molar-refractivity contribution >= 4 is 17.7 Å². The van der Waals surface area contributed by atoms with Crippen molar-refractivity contribution in [1.82, 2.24) is 0 Å². The predicted octanol–water partition coefficient (Wildman–Crippen LogP) is 2.88. The zero-order chi connectivity index (χ0) is 20.8. The van der Waals surface area contributed by atoms with Crippen LogP contribution in [0.15, 0.2) is 11.6 Å². The summed E-state index contributed by atoms with van der Waals surface area (Å²) in [7, 11) is 0. The lowest BCUT2D eigenvalue weighted by Gasteiger charge is -2.62. The molecule has 4 fully saturated rings. The van der Waals surface area contributed by atoms with Gasteiger partial charge < -0.3 is 14.9 Å². The van der Waals surface area contributed by atoms with Gasteiger partial charge in [-0.1, -0.05) is 19.4 Å². The molecule has 0 aromatic rings. The van der Waals surface area contributed by atoms with Crippen molar-refractivity contribution < 1.29 is 29.3 Å². The van der Waals surface area contributed by atoms with Gasteiger partial charge in [-0.3, -0.25) is 14.4 Å². The van der Waals surface area contributed by atoms with Crippen LogP contribution < -0.4 is 0 Å². The van der Waals surface area contributed by atoms with Gasteiger partial charge in [0, 0.05) is 18.3 Å². The SMILES string of the molecule is C[C@]12CCC(=O)C=C1C[C@@H](C(=O)O)C1C2[C@H](O)C[C@@]2(C)C1CC[C@@]21CCC(=O)O1. The van der Waals surface area contributed by atoms with Crippen LogP contribution in [0.4, 0.5) is 0 Å². The molecule has 1 heterocycles. The molecule has 2 N–H and O–H groups in total. The summed E-state index contributed by atoms with van der Waals surface area (Å²) in [6.07, 6.45) is 5.67. The van der Waals surface area contributed by atoms with E-state index in [0.717, 1.165) is 18.4 Å². The lowest BCUT2D eigenvalue weighted by atomic mass is 9.43. The number of carboxylic acid groups (broad SMARTS) is 1. The minimum Gasteiger partial charge on any atom is -0.481 e. The Balaban J connectivity index is 1.62.